The maximum absolute atomic E-state index is 13.0. The predicted octanol–water partition coefficient (Wildman–Crippen LogP) is 2.10. The van der Waals surface area contributed by atoms with Gasteiger partial charge in [-0.1, -0.05) is 35.9 Å². The number of hydrogen-bond acceptors (Lipinski definition) is 5. The summed E-state index contributed by atoms with van der Waals surface area (Å²) in [5, 5.41) is 15.3. The predicted molar refractivity (Wildman–Crippen MR) is 97.3 cm³/mol. The number of halogens is 1. The molecule has 0 radical (unpaired) electrons. The van der Waals surface area contributed by atoms with Crippen LogP contribution in [0.3, 0.4) is 0 Å². The molecule has 132 valence electrons. The summed E-state index contributed by atoms with van der Waals surface area (Å²) in [4.78, 5) is 14.8. The molecule has 26 heavy (non-hydrogen) atoms. The lowest BCUT2D eigenvalue weighted by molar-refractivity contribution is 0.0703. The van der Waals surface area contributed by atoms with E-state index in [0.29, 0.717) is 30.2 Å². The van der Waals surface area contributed by atoms with E-state index >= 15 is 0 Å². The van der Waals surface area contributed by atoms with Crippen molar-refractivity contribution in [3.8, 4) is 5.69 Å². The normalized spacial score (nSPS) is 17.3. The van der Waals surface area contributed by atoms with Gasteiger partial charge in [0.1, 0.15) is 6.33 Å². The van der Waals surface area contributed by atoms with Crippen LogP contribution in [0.15, 0.2) is 54.9 Å². The number of piperazine rings is 1. The van der Waals surface area contributed by atoms with Gasteiger partial charge in [0.15, 0.2) is 0 Å². The van der Waals surface area contributed by atoms with Crippen LogP contribution in [0.1, 0.15) is 22.0 Å². The van der Waals surface area contributed by atoms with E-state index < -0.39 is 0 Å². The van der Waals surface area contributed by atoms with E-state index in [9.17, 15) is 4.79 Å². The van der Waals surface area contributed by atoms with Gasteiger partial charge in [-0.05, 0) is 40.3 Å². The van der Waals surface area contributed by atoms with Crippen LogP contribution < -0.4 is 5.32 Å². The molecule has 8 heteroatoms. The van der Waals surface area contributed by atoms with Crippen LogP contribution >= 0.6 is 11.6 Å². The summed E-state index contributed by atoms with van der Waals surface area (Å²) in [7, 11) is 0. The Labute approximate surface area is 155 Å². The lowest BCUT2D eigenvalue weighted by Gasteiger charge is -2.34. The first kappa shape index (κ1) is 16.7. The molecular formula is C18H17ClN6O. The highest BCUT2D eigenvalue weighted by molar-refractivity contribution is 6.31. The molecule has 7 nitrogen and oxygen atoms in total. The van der Waals surface area contributed by atoms with Crippen molar-refractivity contribution in [1.82, 2.24) is 30.4 Å². The number of amides is 1. The number of aromatic nitrogens is 4. The van der Waals surface area contributed by atoms with Crippen molar-refractivity contribution in [2.75, 3.05) is 19.6 Å². The topological polar surface area (TPSA) is 75.9 Å². The summed E-state index contributed by atoms with van der Waals surface area (Å²) in [6, 6.07) is 15.0. The van der Waals surface area contributed by atoms with Gasteiger partial charge in [-0.25, -0.2) is 4.68 Å². The Morgan fingerprint density at radius 2 is 2.08 bits per heavy atom. The van der Waals surface area contributed by atoms with Crippen molar-refractivity contribution in [1.29, 1.82) is 0 Å². The van der Waals surface area contributed by atoms with E-state index in [1.807, 2.05) is 47.4 Å². The largest absolute Gasteiger partial charge is 0.335 e. The molecule has 0 aliphatic carbocycles. The van der Waals surface area contributed by atoms with E-state index in [-0.39, 0.29) is 11.9 Å². The number of carbonyl (C=O) groups excluding carboxylic acids is 1. The molecular weight excluding hydrogens is 352 g/mol. The van der Waals surface area contributed by atoms with Gasteiger partial charge < -0.3 is 10.2 Å². The molecule has 1 amide bonds. The van der Waals surface area contributed by atoms with Crippen LogP contribution in [-0.2, 0) is 0 Å². The van der Waals surface area contributed by atoms with Gasteiger partial charge in [-0.3, -0.25) is 4.79 Å². The summed E-state index contributed by atoms with van der Waals surface area (Å²) in [5.41, 5.74) is 2.37. The second-order valence-corrected chi connectivity index (χ2v) is 6.49. The average Bonchev–Trinajstić information content (AvgIpc) is 3.23. The van der Waals surface area contributed by atoms with Crippen molar-refractivity contribution in [2.45, 2.75) is 6.04 Å². The summed E-state index contributed by atoms with van der Waals surface area (Å²) >= 11 is 6.31. The number of tetrazole rings is 1. The zero-order chi connectivity index (χ0) is 17.9. The summed E-state index contributed by atoms with van der Waals surface area (Å²) < 4.78 is 1.53. The highest BCUT2D eigenvalue weighted by atomic mass is 35.5. The van der Waals surface area contributed by atoms with Crippen LogP contribution in [0.25, 0.3) is 5.69 Å². The molecule has 0 bridgehead atoms. The highest BCUT2D eigenvalue weighted by Gasteiger charge is 2.26. The molecule has 1 aliphatic rings. The van der Waals surface area contributed by atoms with Crippen molar-refractivity contribution in [3.05, 3.63) is 71.0 Å². The second-order valence-electron chi connectivity index (χ2n) is 6.08. The number of nitrogens with zero attached hydrogens (tertiary/aromatic N) is 5. The molecule has 1 atom stereocenters. The molecule has 2 aromatic carbocycles. The Kier molecular flexibility index (Phi) is 4.64. The van der Waals surface area contributed by atoms with Gasteiger partial charge in [0, 0.05) is 30.2 Å². The number of hydrogen-bond donors (Lipinski definition) is 1. The van der Waals surface area contributed by atoms with Gasteiger partial charge in [0.25, 0.3) is 5.91 Å². The maximum Gasteiger partial charge on any atom is 0.254 e. The summed E-state index contributed by atoms with van der Waals surface area (Å²) in [5.74, 6) is -0.0153. The smallest absolute Gasteiger partial charge is 0.254 e. The first-order valence-electron chi connectivity index (χ1n) is 8.33. The van der Waals surface area contributed by atoms with Crippen molar-refractivity contribution in [3.63, 3.8) is 0 Å². The van der Waals surface area contributed by atoms with Crippen molar-refractivity contribution >= 4 is 17.5 Å². The molecule has 1 unspecified atom stereocenters. The lowest BCUT2D eigenvalue weighted by atomic mass is 10.0. The molecule has 0 saturated carbocycles. The number of rotatable bonds is 3. The quantitative estimate of drug-likeness (QED) is 0.766. The Hall–Kier alpha value is -2.77. The molecule has 4 rings (SSSR count). The minimum absolute atomic E-state index is 0.0153. The fourth-order valence-electron chi connectivity index (χ4n) is 3.14. The molecule has 3 aromatic rings. The van der Waals surface area contributed by atoms with E-state index in [1.54, 1.807) is 6.07 Å². The minimum atomic E-state index is -0.0153. The maximum atomic E-state index is 13.0. The number of benzene rings is 2. The monoisotopic (exact) mass is 368 g/mol. The summed E-state index contributed by atoms with van der Waals surface area (Å²) in [6.07, 6.45) is 1.50. The number of nitrogens with one attached hydrogen (secondary N) is 1. The van der Waals surface area contributed by atoms with Crippen LogP contribution in [0.2, 0.25) is 5.02 Å². The molecule has 0 spiro atoms. The Balaban J connectivity index is 1.55. The van der Waals surface area contributed by atoms with Gasteiger partial charge in [-0.15, -0.1) is 5.10 Å². The molecule has 2 heterocycles. The van der Waals surface area contributed by atoms with Crippen molar-refractivity contribution < 1.29 is 4.79 Å². The van der Waals surface area contributed by atoms with E-state index in [2.05, 4.69) is 20.8 Å². The molecule has 1 aliphatic heterocycles. The fraction of sp³-hybridized carbons (Fsp3) is 0.222. The van der Waals surface area contributed by atoms with Gasteiger partial charge in [-0.2, -0.15) is 0 Å². The van der Waals surface area contributed by atoms with Gasteiger partial charge >= 0.3 is 0 Å². The third kappa shape index (κ3) is 3.31. The third-order valence-electron chi connectivity index (χ3n) is 4.45. The van der Waals surface area contributed by atoms with Crippen molar-refractivity contribution in [2.24, 2.45) is 0 Å². The summed E-state index contributed by atoms with van der Waals surface area (Å²) in [6.45, 7) is 1.93. The molecule has 1 saturated heterocycles. The van der Waals surface area contributed by atoms with Crippen LogP contribution in [-0.4, -0.2) is 50.6 Å². The highest BCUT2D eigenvalue weighted by Crippen LogP contribution is 2.25. The fourth-order valence-corrected chi connectivity index (χ4v) is 3.41. The first-order chi connectivity index (χ1) is 12.7. The standard InChI is InChI=1S/C18H17ClN6O/c19-16-7-2-1-6-15(16)17-11-24(9-8-20-17)18(26)13-4-3-5-14(10-13)25-12-21-22-23-25/h1-7,10,12,17,20H,8-9,11H2. The van der Waals surface area contributed by atoms with Crippen LogP contribution in [0, 0.1) is 0 Å². The zero-order valence-electron chi connectivity index (χ0n) is 13.9. The van der Waals surface area contributed by atoms with E-state index in [1.165, 1.54) is 11.0 Å². The van der Waals surface area contributed by atoms with E-state index in [4.69, 9.17) is 11.6 Å². The second kappa shape index (κ2) is 7.23. The Morgan fingerprint density at radius 1 is 1.19 bits per heavy atom. The minimum Gasteiger partial charge on any atom is -0.335 e. The number of carbonyl (C=O) groups is 1. The Bertz CT molecular complexity index is 914. The van der Waals surface area contributed by atoms with E-state index in [0.717, 1.165) is 11.3 Å². The SMILES string of the molecule is O=C(c1cccc(-n2cnnn2)c1)N1CCNC(c2ccccc2Cl)C1. The van der Waals surface area contributed by atoms with Gasteiger partial charge in [0.05, 0.1) is 11.7 Å². The first-order valence-corrected chi connectivity index (χ1v) is 8.71. The third-order valence-corrected chi connectivity index (χ3v) is 4.79. The lowest BCUT2D eigenvalue weighted by Crippen LogP contribution is -2.48. The van der Waals surface area contributed by atoms with Crippen LogP contribution in [0.5, 0.6) is 0 Å². The Morgan fingerprint density at radius 3 is 2.88 bits per heavy atom. The molecule has 1 aromatic heterocycles. The molecule has 1 fully saturated rings. The van der Waals surface area contributed by atoms with Gasteiger partial charge in [0.2, 0.25) is 0 Å². The average molecular weight is 369 g/mol. The molecule has 1 N–H and O–H groups in total. The zero-order valence-corrected chi connectivity index (χ0v) is 14.7. The van der Waals surface area contributed by atoms with Crippen LogP contribution in [0.4, 0.5) is 0 Å².